The van der Waals surface area contributed by atoms with E-state index in [2.05, 4.69) is 26.0 Å². The number of hydrogen-bond donors (Lipinski definition) is 2. The summed E-state index contributed by atoms with van der Waals surface area (Å²) in [5.41, 5.74) is 5.40. The second-order valence-corrected chi connectivity index (χ2v) is 6.46. The van der Waals surface area contributed by atoms with Gasteiger partial charge in [0.05, 0.1) is 6.61 Å². The molecule has 0 fully saturated rings. The van der Waals surface area contributed by atoms with Gasteiger partial charge in [0.1, 0.15) is 11.5 Å². The average Bonchev–Trinajstić information content (AvgIpc) is 3.27. The van der Waals surface area contributed by atoms with Crippen molar-refractivity contribution in [2.24, 2.45) is 0 Å². The van der Waals surface area contributed by atoms with Crippen LogP contribution in [0.3, 0.4) is 0 Å². The maximum Gasteiger partial charge on any atom is 0.279 e. The number of carbonyl (C=O) groups excluding carboxylic acids is 2. The van der Waals surface area contributed by atoms with E-state index in [1.54, 1.807) is 55.7 Å². The molecule has 2 aromatic heterocycles. The second-order valence-electron chi connectivity index (χ2n) is 6.46. The third-order valence-electron chi connectivity index (χ3n) is 4.10. The van der Waals surface area contributed by atoms with Crippen LogP contribution in [-0.2, 0) is 16.0 Å². The lowest BCUT2D eigenvalue weighted by Crippen LogP contribution is -2.47. The Kier molecular flexibility index (Phi) is 7.52. The number of pyridine rings is 1. The van der Waals surface area contributed by atoms with Crippen molar-refractivity contribution in [1.82, 2.24) is 26.0 Å². The van der Waals surface area contributed by atoms with E-state index < -0.39 is 17.9 Å². The molecule has 0 bridgehead atoms. The van der Waals surface area contributed by atoms with Gasteiger partial charge in [0.2, 0.25) is 17.6 Å². The van der Waals surface area contributed by atoms with Crippen molar-refractivity contribution >= 4 is 11.8 Å². The van der Waals surface area contributed by atoms with Gasteiger partial charge in [-0.3, -0.25) is 25.4 Å². The molecule has 10 heteroatoms. The summed E-state index contributed by atoms with van der Waals surface area (Å²) in [5.74, 6) is 1.05. The lowest BCUT2D eigenvalue weighted by Gasteiger charge is -2.15. The molecule has 0 spiro atoms. The summed E-state index contributed by atoms with van der Waals surface area (Å²) in [6, 6.07) is 10.5. The first-order chi connectivity index (χ1) is 15.0. The van der Waals surface area contributed by atoms with E-state index in [9.17, 15) is 9.59 Å². The molecule has 1 aromatic carbocycles. The molecular weight excluding hydrogens is 402 g/mol. The summed E-state index contributed by atoms with van der Waals surface area (Å²) in [7, 11) is 0. The van der Waals surface area contributed by atoms with E-state index in [0.717, 1.165) is 5.56 Å². The van der Waals surface area contributed by atoms with Crippen LogP contribution in [0.2, 0.25) is 0 Å². The SMILES string of the molecule is CCOc1ccc(OC(C)C(=O)NNC(=O)CCc2nc(-c3cccnc3)no2)cc1. The van der Waals surface area contributed by atoms with Crippen LogP contribution in [0.15, 0.2) is 53.3 Å². The van der Waals surface area contributed by atoms with Crippen LogP contribution < -0.4 is 20.3 Å². The molecule has 1 atom stereocenters. The molecule has 162 valence electrons. The molecule has 0 saturated heterocycles. The van der Waals surface area contributed by atoms with Crippen LogP contribution in [0.25, 0.3) is 11.4 Å². The van der Waals surface area contributed by atoms with E-state index in [4.69, 9.17) is 14.0 Å². The summed E-state index contributed by atoms with van der Waals surface area (Å²) in [6.07, 6.45) is 2.74. The van der Waals surface area contributed by atoms with Gasteiger partial charge in [0, 0.05) is 30.8 Å². The van der Waals surface area contributed by atoms with Gasteiger partial charge in [-0.1, -0.05) is 5.16 Å². The van der Waals surface area contributed by atoms with Crippen LogP contribution in [-0.4, -0.2) is 39.6 Å². The fraction of sp³-hybridized carbons (Fsp3) is 0.286. The van der Waals surface area contributed by atoms with Gasteiger partial charge in [-0.25, -0.2) is 0 Å². The van der Waals surface area contributed by atoms with E-state index in [-0.39, 0.29) is 12.8 Å². The molecule has 2 heterocycles. The second kappa shape index (κ2) is 10.7. The van der Waals surface area contributed by atoms with Crippen molar-refractivity contribution in [3.05, 3.63) is 54.7 Å². The van der Waals surface area contributed by atoms with Gasteiger partial charge in [0.15, 0.2) is 6.10 Å². The van der Waals surface area contributed by atoms with Gasteiger partial charge in [-0.15, -0.1) is 0 Å². The van der Waals surface area contributed by atoms with Crippen LogP contribution >= 0.6 is 0 Å². The number of carbonyl (C=O) groups is 2. The Balaban J connectivity index is 1.39. The smallest absolute Gasteiger partial charge is 0.279 e. The van der Waals surface area contributed by atoms with Gasteiger partial charge in [-0.2, -0.15) is 4.98 Å². The summed E-state index contributed by atoms with van der Waals surface area (Å²) in [4.78, 5) is 32.4. The minimum Gasteiger partial charge on any atom is -0.494 e. The minimum absolute atomic E-state index is 0.0586. The maximum atomic E-state index is 12.1. The van der Waals surface area contributed by atoms with Gasteiger partial charge in [-0.05, 0) is 50.2 Å². The lowest BCUT2D eigenvalue weighted by atomic mass is 10.2. The number of ether oxygens (including phenoxy) is 2. The maximum absolute atomic E-state index is 12.1. The van der Waals surface area contributed by atoms with Crippen molar-refractivity contribution in [1.29, 1.82) is 0 Å². The average molecular weight is 425 g/mol. The Hall–Kier alpha value is -3.95. The number of nitrogens with one attached hydrogen (secondary N) is 2. The predicted octanol–water partition coefficient (Wildman–Crippen LogP) is 2.08. The zero-order valence-electron chi connectivity index (χ0n) is 17.2. The first-order valence-corrected chi connectivity index (χ1v) is 9.76. The molecule has 3 rings (SSSR count). The molecule has 2 N–H and O–H groups in total. The van der Waals surface area contributed by atoms with Crippen molar-refractivity contribution < 1.29 is 23.6 Å². The number of nitrogens with zero attached hydrogens (tertiary/aromatic N) is 3. The molecular formula is C21H23N5O5. The Bertz CT molecular complexity index is 991. The number of aromatic nitrogens is 3. The zero-order valence-corrected chi connectivity index (χ0v) is 17.2. The molecule has 1 unspecified atom stereocenters. The van der Waals surface area contributed by atoms with Crippen molar-refractivity contribution in [2.45, 2.75) is 32.8 Å². The van der Waals surface area contributed by atoms with E-state index in [1.165, 1.54) is 0 Å². The van der Waals surface area contributed by atoms with Crippen molar-refractivity contribution in [3.63, 3.8) is 0 Å². The summed E-state index contributed by atoms with van der Waals surface area (Å²) in [6.45, 7) is 4.04. The molecule has 0 aliphatic rings. The molecule has 2 amide bonds. The number of aryl methyl sites for hydroxylation is 1. The standard InChI is InChI=1S/C21H23N5O5/c1-3-29-16-6-8-17(9-7-16)30-14(2)21(28)25-24-18(27)10-11-19-23-20(26-31-19)15-5-4-12-22-13-15/h4-9,12-14H,3,10-11H2,1-2H3,(H,24,27)(H,25,28). The van der Waals surface area contributed by atoms with Gasteiger partial charge >= 0.3 is 0 Å². The van der Waals surface area contributed by atoms with E-state index in [1.807, 2.05) is 6.92 Å². The van der Waals surface area contributed by atoms with Crippen molar-refractivity contribution in [2.75, 3.05) is 6.61 Å². The number of benzene rings is 1. The molecule has 0 aliphatic heterocycles. The van der Waals surface area contributed by atoms with Gasteiger partial charge in [0.25, 0.3) is 5.91 Å². The number of hydrogen-bond acceptors (Lipinski definition) is 8. The van der Waals surface area contributed by atoms with E-state index >= 15 is 0 Å². The monoisotopic (exact) mass is 425 g/mol. The van der Waals surface area contributed by atoms with Crippen molar-refractivity contribution in [3.8, 4) is 22.9 Å². The van der Waals surface area contributed by atoms with Crippen LogP contribution in [0.1, 0.15) is 26.2 Å². The first-order valence-electron chi connectivity index (χ1n) is 9.76. The highest BCUT2D eigenvalue weighted by Crippen LogP contribution is 2.18. The minimum atomic E-state index is -0.809. The molecule has 0 radical (unpaired) electrons. The van der Waals surface area contributed by atoms with Gasteiger partial charge < -0.3 is 14.0 Å². The van der Waals surface area contributed by atoms with Crippen LogP contribution in [0, 0.1) is 0 Å². The fourth-order valence-corrected chi connectivity index (χ4v) is 2.52. The largest absolute Gasteiger partial charge is 0.494 e. The molecule has 3 aromatic rings. The first kappa shape index (κ1) is 21.8. The number of hydrazine groups is 1. The third kappa shape index (κ3) is 6.53. The summed E-state index contributed by atoms with van der Waals surface area (Å²) >= 11 is 0. The lowest BCUT2D eigenvalue weighted by molar-refractivity contribution is -0.132. The highest BCUT2D eigenvalue weighted by atomic mass is 16.5. The normalized spacial score (nSPS) is 11.4. The molecule has 31 heavy (non-hydrogen) atoms. The topological polar surface area (TPSA) is 128 Å². The third-order valence-corrected chi connectivity index (χ3v) is 4.10. The van der Waals surface area contributed by atoms with E-state index in [0.29, 0.717) is 29.8 Å². The highest BCUT2D eigenvalue weighted by Gasteiger charge is 2.16. The van der Waals surface area contributed by atoms with Crippen LogP contribution in [0.4, 0.5) is 0 Å². The highest BCUT2D eigenvalue weighted by molar-refractivity contribution is 5.84. The molecule has 0 aliphatic carbocycles. The Morgan fingerprint density at radius 1 is 1.13 bits per heavy atom. The predicted molar refractivity (Wildman–Crippen MR) is 110 cm³/mol. The quantitative estimate of drug-likeness (QED) is 0.499. The Morgan fingerprint density at radius 2 is 1.90 bits per heavy atom. The number of rotatable bonds is 9. The molecule has 10 nitrogen and oxygen atoms in total. The summed E-state index contributed by atoms with van der Waals surface area (Å²) < 4.78 is 16.1. The Morgan fingerprint density at radius 3 is 2.61 bits per heavy atom. The Labute approximate surface area is 178 Å². The molecule has 0 saturated carbocycles. The fourth-order valence-electron chi connectivity index (χ4n) is 2.52. The summed E-state index contributed by atoms with van der Waals surface area (Å²) in [5, 5.41) is 3.87. The zero-order chi connectivity index (χ0) is 22.1. The van der Waals surface area contributed by atoms with Crippen LogP contribution in [0.5, 0.6) is 11.5 Å². The number of amides is 2.